The molecule has 1 fully saturated rings. The molecule has 1 aromatic carbocycles. The zero-order valence-corrected chi connectivity index (χ0v) is 16.9. The van der Waals surface area contributed by atoms with Crippen LogP contribution in [-0.2, 0) is 7.05 Å². The Hall–Kier alpha value is -3.68. The van der Waals surface area contributed by atoms with Gasteiger partial charge in [-0.25, -0.2) is 4.98 Å². The van der Waals surface area contributed by atoms with Crippen molar-refractivity contribution < 1.29 is 9.32 Å². The Bertz CT molecular complexity index is 1220. The van der Waals surface area contributed by atoms with E-state index in [0.29, 0.717) is 24.5 Å². The highest BCUT2D eigenvalue weighted by molar-refractivity contribution is 5.93. The molecule has 0 radical (unpaired) electrons. The van der Waals surface area contributed by atoms with E-state index in [1.807, 2.05) is 36.3 Å². The first-order valence-corrected chi connectivity index (χ1v) is 9.95. The molecular formula is C22H22N6O2. The van der Waals surface area contributed by atoms with Crippen molar-refractivity contribution in [2.75, 3.05) is 31.1 Å². The number of hydrogen-bond acceptors (Lipinski definition) is 6. The number of aromatic nitrogens is 4. The van der Waals surface area contributed by atoms with E-state index in [2.05, 4.69) is 34.2 Å². The van der Waals surface area contributed by atoms with Gasteiger partial charge < -0.3 is 14.3 Å². The molecule has 0 saturated carbocycles. The summed E-state index contributed by atoms with van der Waals surface area (Å²) in [5.41, 5.74) is 3.32. The standard InChI is InChI=1S/C22H22N6O2/c1-15-11-21(24-18-6-4-3-5-17(15)18)27-7-9-28(10-8-27)22(29)19-12-20(30-25-19)16-13-23-26(2)14-16/h3-6,11-14H,7-10H2,1-2H3. The van der Waals surface area contributed by atoms with E-state index in [1.54, 1.807) is 16.9 Å². The highest BCUT2D eigenvalue weighted by atomic mass is 16.5. The van der Waals surface area contributed by atoms with Crippen LogP contribution in [0, 0.1) is 6.92 Å². The number of carbonyl (C=O) groups is 1. The van der Waals surface area contributed by atoms with E-state index in [-0.39, 0.29) is 5.91 Å². The lowest BCUT2D eigenvalue weighted by Gasteiger charge is -2.35. The molecule has 0 spiro atoms. The van der Waals surface area contributed by atoms with Crippen LogP contribution in [0.1, 0.15) is 16.1 Å². The molecule has 4 heterocycles. The highest BCUT2D eigenvalue weighted by Crippen LogP contribution is 2.24. The molecule has 1 saturated heterocycles. The summed E-state index contributed by atoms with van der Waals surface area (Å²) in [6, 6.07) is 12.0. The average molecular weight is 402 g/mol. The number of anilines is 1. The van der Waals surface area contributed by atoms with Gasteiger partial charge in [-0.1, -0.05) is 23.4 Å². The van der Waals surface area contributed by atoms with Crippen LogP contribution in [0.2, 0.25) is 0 Å². The number of amides is 1. The Morgan fingerprint density at radius 1 is 1.10 bits per heavy atom. The van der Waals surface area contributed by atoms with Crippen molar-refractivity contribution in [3.63, 3.8) is 0 Å². The summed E-state index contributed by atoms with van der Waals surface area (Å²) in [4.78, 5) is 21.7. The molecule has 8 nitrogen and oxygen atoms in total. The van der Waals surface area contributed by atoms with Crippen molar-refractivity contribution >= 4 is 22.6 Å². The molecule has 0 atom stereocenters. The molecule has 0 unspecified atom stereocenters. The number of piperazine rings is 1. The lowest BCUT2D eigenvalue weighted by Crippen LogP contribution is -2.49. The van der Waals surface area contributed by atoms with Crippen LogP contribution in [0.4, 0.5) is 5.82 Å². The van der Waals surface area contributed by atoms with E-state index < -0.39 is 0 Å². The molecule has 1 aliphatic rings. The number of nitrogens with zero attached hydrogens (tertiary/aromatic N) is 6. The summed E-state index contributed by atoms with van der Waals surface area (Å²) in [7, 11) is 1.83. The molecule has 8 heteroatoms. The topological polar surface area (TPSA) is 80.3 Å². The predicted molar refractivity (Wildman–Crippen MR) is 113 cm³/mol. The van der Waals surface area contributed by atoms with Gasteiger partial charge in [-0.2, -0.15) is 5.10 Å². The molecule has 0 aliphatic carbocycles. The quantitative estimate of drug-likeness (QED) is 0.524. The second-order valence-corrected chi connectivity index (χ2v) is 7.57. The van der Waals surface area contributed by atoms with Gasteiger partial charge in [0.15, 0.2) is 11.5 Å². The zero-order valence-electron chi connectivity index (χ0n) is 16.9. The third-order valence-corrected chi connectivity index (χ3v) is 5.52. The normalized spacial score (nSPS) is 14.5. The van der Waals surface area contributed by atoms with Crippen molar-refractivity contribution in [3.05, 3.63) is 60.0 Å². The number of benzene rings is 1. The van der Waals surface area contributed by atoms with E-state index in [1.165, 1.54) is 10.9 Å². The van der Waals surface area contributed by atoms with Crippen LogP contribution in [0.3, 0.4) is 0 Å². The molecule has 30 heavy (non-hydrogen) atoms. The lowest BCUT2D eigenvalue weighted by molar-refractivity contribution is 0.0736. The largest absolute Gasteiger partial charge is 0.355 e. The lowest BCUT2D eigenvalue weighted by atomic mass is 10.1. The number of para-hydroxylation sites is 1. The van der Waals surface area contributed by atoms with Crippen LogP contribution >= 0.6 is 0 Å². The van der Waals surface area contributed by atoms with E-state index >= 15 is 0 Å². The van der Waals surface area contributed by atoms with Gasteiger partial charge >= 0.3 is 0 Å². The van der Waals surface area contributed by atoms with Gasteiger partial charge in [-0.05, 0) is 24.6 Å². The van der Waals surface area contributed by atoms with Gasteiger partial charge in [-0.15, -0.1) is 0 Å². The average Bonchev–Trinajstić information content (AvgIpc) is 3.42. The maximum Gasteiger partial charge on any atom is 0.276 e. The summed E-state index contributed by atoms with van der Waals surface area (Å²) in [5.74, 6) is 1.38. The van der Waals surface area contributed by atoms with Gasteiger partial charge in [-0.3, -0.25) is 9.48 Å². The summed E-state index contributed by atoms with van der Waals surface area (Å²) >= 11 is 0. The number of carbonyl (C=O) groups excluding carboxylic acids is 1. The summed E-state index contributed by atoms with van der Waals surface area (Å²) in [6.07, 6.45) is 3.51. The molecule has 3 aromatic heterocycles. The molecule has 152 valence electrons. The van der Waals surface area contributed by atoms with Crippen molar-refractivity contribution in [3.8, 4) is 11.3 Å². The zero-order chi connectivity index (χ0) is 20.7. The monoisotopic (exact) mass is 402 g/mol. The minimum absolute atomic E-state index is 0.115. The molecule has 0 bridgehead atoms. The number of rotatable bonds is 3. The molecule has 4 aromatic rings. The van der Waals surface area contributed by atoms with Gasteiger partial charge in [0.25, 0.3) is 5.91 Å². The third-order valence-electron chi connectivity index (χ3n) is 5.52. The number of aryl methyl sites for hydroxylation is 2. The Labute approximate surface area is 173 Å². The molecule has 1 aliphatic heterocycles. The van der Waals surface area contributed by atoms with Crippen molar-refractivity contribution in [2.45, 2.75) is 6.92 Å². The second-order valence-electron chi connectivity index (χ2n) is 7.57. The smallest absolute Gasteiger partial charge is 0.276 e. The fraction of sp³-hybridized carbons (Fsp3) is 0.273. The number of pyridine rings is 1. The van der Waals surface area contributed by atoms with Crippen molar-refractivity contribution in [2.24, 2.45) is 7.05 Å². The van der Waals surface area contributed by atoms with Crippen LogP contribution in [0.25, 0.3) is 22.2 Å². The first-order chi connectivity index (χ1) is 14.6. The second kappa shape index (κ2) is 7.29. The van der Waals surface area contributed by atoms with E-state index in [4.69, 9.17) is 9.51 Å². The van der Waals surface area contributed by atoms with Crippen LogP contribution < -0.4 is 4.90 Å². The molecular weight excluding hydrogens is 380 g/mol. The summed E-state index contributed by atoms with van der Waals surface area (Å²) in [5, 5.41) is 9.26. The predicted octanol–water partition coefficient (Wildman–Crippen LogP) is 2.89. The Kier molecular flexibility index (Phi) is 4.46. The number of fused-ring (bicyclic) bond motifs is 1. The minimum Gasteiger partial charge on any atom is -0.355 e. The molecule has 0 N–H and O–H groups in total. The fourth-order valence-corrected chi connectivity index (χ4v) is 3.85. The van der Waals surface area contributed by atoms with Gasteiger partial charge in [0.1, 0.15) is 5.82 Å². The van der Waals surface area contributed by atoms with Crippen LogP contribution in [0.15, 0.2) is 53.3 Å². The van der Waals surface area contributed by atoms with Crippen molar-refractivity contribution in [1.82, 2.24) is 24.8 Å². The fourth-order valence-electron chi connectivity index (χ4n) is 3.85. The van der Waals surface area contributed by atoms with Gasteiger partial charge in [0.2, 0.25) is 0 Å². The third kappa shape index (κ3) is 3.30. The SMILES string of the molecule is Cc1cc(N2CCN(C(=O)c3cc(-c4cnn(C)c4)on3)CC2)nc2ccccc12. The molecule has 5 rings (SSSR count). The van der Waals surface area contributed by atoms with Gasteiger partial charge in [0.05, 0.1) is 17.3 Å². The van der Waals surface area contributed by atoms with E-state index in [0.717, 1.165) is 30.0 Å². The molecule has 1 amide bonds. The summed E-state index contributed by atoms with van der Waals surface area (Å²) in [6.45, 7) is 4.79. The van der Waals surface area contributed by atoms with Gasteiger partial charge in [0, 0.05) is 50.9 Å². The Balaban J connectivity index is 1.28. The Morgan fingerprint density at radius 3 is 2.67 bits per heavy atom. The first kappa shape index (κ1) is 18.4. The minimum atomic E-state index is -0.115. The maximum absolute atomic E-state index is 12.9. The van der Waals surface area contributed by atoms with Crippen LogP contribution in [-0.4, -0.2) is 56.9 Å². The maximum atomic E-state index is 12.9. The summed E-state index contributed by atoms with van der Waals surface area (Å²) < 4.78 is 7.03. The first-order valence-electron chi connectivity index (χ1n) is 9.95. The van der Waals surface area contributed by atoms with Crippen LogP contribution in [0.5, 0.6) is 0 Å². The highest BCUT2D eigenvalue weighted by Gasteiger charge is 2.25. The Morgan fingerprint density at radius 2 is 1.90 bits per heavy atom. The number of hydrogen-bond donors (Lipinski definition) is 0. The van der Waals surface area contributed by atoms with Crippen molar-refractivity contribution in [1.29, 1.82) is 0 Å². The van der Waals surface area contributed by atoms with E-state index in [9.17, 15) is 4.79 Å².